The molecule has 2 aromatic carbocycles. The number of piperidine rings is 1. The number of likely N-dealkylation sites (N-methyl/N-ethyl adjacent to an activating group) is 1. The van der Waals surface area contributed by atoms with Crippen molar-refractivity contribution in [3.63, 3.8) is 0 Å². The van der Waals surface area contributed by atoms with E-state index in [0.29, 0.717) is 17.0 Å². The van der Waals surface area contributed by atoms with Crippen LogP contribution < -0.4 is 10.2 Å². The molecule has 2 atom stereocenters. The Morgan fingerprint density at radius 1 is 1.00 bits per heavy atom. The van der Waals surface area contributed by atoms with Crippen LogP contribution in [-0.4, -0.2) is 56.8 Å². The standard InChI is InChI=1S/C33H42N4O2S/c1-24-11-13-29(14-12-24)40(38,39)23-25-15-18-37(19-16-25)31-9-4-7-27-21-35-28(20-30(27)31)22-36(2)32-10-3-6-26-8-5-17-34-33(26)32/h4-5,7-9,11-14,17,25,28,32,35H,3,6,10,15-16,18-23H2,1-2H3/t28-,32-/m0/s1. The van der Waals surface area contributed by atoms with Gasteiger partial charge in [-0.05, 0) is 99.4 Å². The molecule has 1 aliphatic carbocycles. The first-order valence-corrected chi connectivity index (χ1v) is 16.5. The van der Waals surface area contributed by atoms with E-state index in [0.717, 1.165) is 57.4 Å². The molecule has 1 saturated heterocycles. The van der Waals surface area contributed by atoms with E-state index in [2.05, 4.69) is 52.5 Å². The molecule has 3 heterocycles. The molecule has 0 amide bonds. The van der Waals surface area contributed by atoms with Gasteiger partial charge in [0.25, 0.3) is 0 Å². The van der Waals surface area contributed by atoms with E-state index in [1.807, 2.05) is 25.3 Å². The molecule has 212 valence electrons. The quantitative estimate of drug-likeness (QED) is 0.435. The normalized spacial score (nSPS) is 21.7. The maximum Gasteiger partial charge on any atom is 0.178 e. The summed E-state index contributed by atoms with van der Waals surface area (Å²) in [6, 6.07) is 19.1. The molecule has 1 aromatic heterocycles. The Labute approximate surface area is 239 Å². The number of nitrogens with one attached hydrogen (secondary N) is 1. The molecule has 6 rings (SSSR count). The Hall–Kier alpha value is -2.74. The van der Waals surface area contributed by atoms with Crippen molar-refractivity contribution < 1.29 is 8.42 Å². The maximum absolute atomic E-state index is 13.0. The van der Waals surface area contributed by atoms with Gasteiger partial charge in [0, 0.05) is 44.1 Å². The summed E-state index contributed by atoms with van der Waals surface area (Å²) in [6.07, 6.45) is 8.30. The van der Waals surface area contributed by atoms with E-state index in [1.54, 1.807) is 12.1 Å². The summed E-state index contributed by atoms with van der Waals surface area (Å²) in [4.78, 5) is 10.2. The number of sulfone groups is 1. The molecule has 0 unspecified atom stereocenters. The number of rotatable bonds is 7. The second-order valence-corrected chi connectivity index (χ2v) is 14.2. The smallest absolute Gasteiger partial charge is 0.178 e. The molecule has 0 saturated carbocycles. The highest BCUT2D eigenvalue weighted by atomic mass is 32.2. The maximum atomic E-state index is 13.0. The fourth-order valence-corrected chi connectivity index (χ4v) is 8.70. The Kier molecular flexibility index (Phi) is 7.98. The summed E-state index contributed by atoms with van der Waals surface area (Å²) in [6.45, 7) is 5.69. The molecule has 3 aromatic rings. The predicted octanol–water partition coefficient (Wildman–Crippen LogP) is 5.10. The Balaban J connectivity index is 1.09. The lowest BCUT2D eigenvalue weighted by atomic mass is 9.89. The third kappa shape index (κ3) is 5.83. The number of benzene rings is 2. The lowest BCUT2D eigenvalue weighted by Crippen LogP contribution is -2.46. The second-order valence-electron chi connectivity index (χ2n) is 12.1. The van der Waals surface area contributed by atoms with Crippen LogP contribution in [0.3, 0.4) is 0 Å². The van der Waals surface area contributed by atoms with Crippen molar-refractivity contribution >= 4 is 15.5 Å². The van der Waals surface area contributed by atoms with Crippen molar-refractivity contribution in [1.82, 2.24) is 15.2 Å². The number of hydrogen-bond donors (Lipinski definition) is 1. The highest BCUT2D eigenvalue weighted by molar-refractivity contribution is 7.91. The van der Waals surface area contributed by atoms with Gasteiger partial charge in [-0.3, -0.25) is 9.88 Å². The van der Waals surface area contributed by atoms with Crippen LogP contribution in [0.25, 0.3) is 0 Å². The van der Waals surface area contributed by atoms with Gasteiger partial charge in [0.1, 0.15) is 0 Å². The number of aromatic nitrogens is 1. The molecule has 3 aliphatic rings. The molecule has 40 heavy (non-hydrogen) atoms. The van der Waals surface area contributed by atoms with E-state index in [4.69, 9.17) is 4.98 Å². The largest absolute Gasteiger partial charge is 0.371 e. The summed E-state index contributed by atoms with van der Waals surface area (Å²) in [5.74, 6) is 0.450. The van der Waals surface area contributed by atoms with Crippen molar-refractivity contribution in [3.05, 3.63) is 88.7 Å². The highest BCUT2D eigenvalue weighted by Crippen LogP contribution is 2.35. The van der Waals surface area contributed by atoms with Crippen LogP contribution in [0.1, 0.15) is 59.7 Å². The molecule has 2 aliphatic heterocycles. The van der Waals surface area contributed by atoms with Crippen molar-refractivity contribution in [2.75, 3.05) is 37.3 Å². The van der Waals surface area contributed by atoms with Gasteiger partial charge >= 0.3 is 0 Å². The molecule has 7 heteroatoms. The number of anilines is 1. The SMILES string of the molecule is Cc1ccc(S(=O)(=O)CC2CCN(c3cccc4c3C[C@@H](CN(C)[C@H]3CCCc5cccnc53)NC4)CC2)cc1. The third-order valence-corrected chi connectivity index (χ3v) is 11.2. The van der Waals surface area contributed by atoms with Crippen LogP contribution in [0.2, 0.25) is 0 Å². The number of hydrogen-bond acceptors (Lipinski definition) is 6. The molecule has 1 N–H and O–H groups in total. The molecular formula is C33H42N4O2S. The third-order valence-electron chi connectivity index (χ3n) is 9.28. The van der Waals surface area contributed by atoms with Crippen LogP contribution in [0.4, 0.5) is 5.69 Å². The number of nitrogens with zero attached hydrogens (tertiary/aromatic N) is 3. The first-order chi connectivity index (χ1) is 19.4. The number of pyridine rings is 1. The van der Waals surface area contributed by atoms with Gasteiger partial charge < -0.3 is 10.2 Å². The monoisotopic (exact) mass is 558 g/mol. The Bertz CT molecular complexity index is 1430. The van der Waals surface area contributed by atoms with Gasteiger partial charge in [0.2, 0.25) is 0 Å². The summed E-state index contributed by atoms with van der Waals surface area (Å²) in [5, 5.41) is 3.80. The summed E-state index contributed by atoms with van der Waals surface area (Å²) in [5.41, 5.74) is 7.96. The highest BCUT2D eigenvalue weighted by Gasteiger charge is 2.31. The first kappa shape index (κ1) is 27.4. The first-order valence-electron chi connectivity index (χ1n) is 14.9. The molecule has 0 bridgehead atoms. The average Bonchev–Trinajstić information content (AvgIpc) is 2.97. The average molecular weight is 559 g/mol. The predicted molar refractivity (Wildman–Crippen MR) is 161 cm³/mol. The molecule has 0 radical (unpaired) electrons. The van der Waals surface area contributed by atoms with Crippen LogP contribution >= 0.6 is 0 Å². The van der Waals surface area contributed by atoms with Gasteiger partial charge in [-0.15, -0.1) is 0 Å². The summed E-state index contributed by atoms with van der Waals surface area (Å²) >= 11 is 0. The van der Waals surface area contributed by atoms with Gasteiger partial charge in [-0.1, -0.05) is 35.9 Å². The van der Waals surface area contributed by atoms with E-state index in [9.17, 15) is 8.42 Å². The topological polar surface area (TPSA) is 65.5 Å². The van der Waals surface area contributed by atoms with Gasteiger partial charge in [-0.25, -0.2) is 8.42 Å². The zero-order valence-corrected chi connectivity index (χ0v) is 24.7. The summed E-state index contributed by atoms with van der Waals surface area (Å²) in [7, 11) is -0.999. The van der Waals surface area contributed by atoms with Crippen LogP contribution in [-0.2, 0) is 29.2 Å². The van der Waals surface area contributed by atoms with Crippen molar-refractivity contribution in [2.45, 2.75) is 69.0 Å². The lowest BCUT2D eigenvalue weighted by Gasteiger charge is -2.39. The minimum Gasteiger partial charge on any atom is -0.371 e. The zero-order chi connectivity index (χ0) is 27.7. The van der Waals surface area contributed by atoms with E-state index in [1.165, 1.54) is 40.9 Å². The Morgan fingerprint density at radius 2 is 1.77 bits per heavy atom. The van der Waals surface area contributed by atoms with Crippen molar-refractivity contribution in [2.24, 2.45) is 5.92 Å². The minimum atomic E-state index is -3.26. The fraction of sp³-hybridized carbons (Fsp3) is 0.485. The van der Waals surface area contributed by atoms with Crippen LogP contribution in [0, 0.1) is 12.8 Å². The van der Waals surface area contributed by atoms with Gasteiger partial charge in [0.05, 0.1) is 22.4 Å². The number of fused-ring (bicyclic) bond motifs is 2. The van der Waals surface area contributed by atoms with Crippen molar-refractivity contribution in [3.8, 4) is 0 Å². The van der Waals surface area contributed by atoms with Crippen LogP contribution in [0.15, 0.2) is 65.7 Å². The van der Waals surface area contributed by atoms with Gasteiger partial charge in [0.15, 0.2) is 9.84 Å². The molecular weight excluding hydrogens is 516 g/mol. The van der Waals surface area contributed by atoms with Crippen LogP contribution in [0.5, 0.6) is 0 Å². The summed E-state index contributed by atoms with van der Waals surface area (Å²) < 4.78 is 26.1. The lowest BCUT2D eigenvalue weighted by molar-refractivity contribution is 0.191. The second kappa shape index (κ2) is 11.6. The van der Waals surface area contributed by atoms with E-state index >= 15 is 0 Å². The van der Waals surface area contributed by atoms with E-state index < -0.39 is 9.84 Å². The zero-order valence-electron chi connectivity index (χ0n) is 23.9. The molecule has 6 nitrogen and oxygen atoms in total. The fourth-order valence-electron chi connectivity index (χ4n) is 7.00. The van der Waals surface area contributed by atoms with Gasteiger partial charge in [-0.2, -0.15) is 0 Å². The molecule has 1 fully saturated rings. The number of aryl methyl sites for hydroxylation is 2. The Morgan fingerprint density at radius 3 is 2.58 bits per heavy atom. The van der Waals surface area contributed by atoms with E-state index in [-0.39, 0.29) is 11.7 Å². The molecule has 0 spiro atoms. The van der Waals surface area contributed by atoms with Crippen molar-refractivity contribution in [1.29, 1.82) is 0 Å². The minimum absolute atomic E-state index is 0.206.